The van der Waals surface area contributed by atoms with Crippen molar-refractivity contribution < 1.29 is 9.53 Å². The number of unbranched alkanes of at least 4 members (excludes halogenated alkanes) is 1. The minimum Gasteiger partial charge on any atom is -0.487 e. The smallest absolute Gasteiger partial charge is 0.243 e. The number of amides is 1. The average molecular weight is 514 g/mol. The highest BCUT2D eigenvalue weighted by atomic mass is 127. The van der Waals surface area contributed by atoms with E-state index in [1.807, 2.05) is 6.07 Å². The number of carbonyl (C=O) groups is 1. The minimum absolute atomic E-state index is 0. The number of guanidine groups is 1. The molecular weight excluding hydrogens is 479 g/mol. The van der Waals surface area contributed by atoms with Gasteiger partial charge < -0.3 is 20.3 Å². The Morgan fingerprint density at radius 1 is 1.28 bits per heavy atom. The SMILES string of the molecule is CCCCNC(=NCC(=O)N(C)C)NC1CC2(CCCC2)Oc2ccccc21.I. The summed E-state index contributed by atoms with van der Waals surface area (Å²) in [5, 5.41) is 7.00. The summed E-state index contributed by atoms with van der Waals surface area (Å²) in [6.07, 6.45) is 7.77. The molecule has 2 aliphatic rings. The van der Waals surface area contributed by atoms with Crippen LogP contribution in [0.2, 0.25) is 0 Å². The van der Waals surface area contributed by atoms with Crippen molar-refractivity contribution in [2.24, 2.45) is 4.99 Å². The number of para-hydroxylation sites is 1. The maximum Gasteiger partial charge on any atom is 0.243 e. The maximum absolute atomic E-state index is 12.0. The van der Waals surface area contributed by atoms with Gasteiger partial charge in [0, 0.05) is 32.6 Å². The maximum atomic E-state index is 12.0. The van der Waals surface area contributed by atoms with Gasteiger partial charge in [0.15, 0.2) is 5.96 Å². The van der Waals surface area contributed by atoms with Gasteiger partial charge in [-0.15, -0.1) is 24.0 Å². The molecule has 0 saturated heterocycles. The van der Waals surface area contributed by atoms with Gasteiger partial charge in [-0.2, -0.15) is 0 Å². The highest BCUT2D eigenvalue weighted by molar-refractivity contribution is 14.0. The fourth-order valence-electron chi connectivity index (χ4n) is 4.06. The van der Waals surface area contributed by atoms with E-state index < -0.39 is 0 Å². The second-order valence-corrected chi connectivity index (χ2v) is 8.16. The number of carbonyl (C=O) groups excluding carboxylic acids is 1. The van der Waals surface area contributed by atoms with Crippen LogP contribution in [-0.4, -0.2) is 49.6 Å². The summed E-state index contributed by atoms with van der Waals surface area (Å²) in [6, 6.07) is 8.42. The van der Waals surface area contributed by atoms with Crippen molar-refractivity contribution in [3.63, 3.8) is 0 Å². The van der Waals surface area contributed by atoms with E-state index in [0.29, 0.717) is 5.96 Å². The zero-order chi connectivity index (χ0) is 20.0. The number of nitrogens with zero attached hydrogens (tertiary/aromatic N) is 2. The molecule has 162 valence electrons. The van der Waals surface area contributed by atoms with Crippen molar-refractivity contribution in [2.75, 3.05) is 27.2 Å². The zero-order valence-electron chi connectivity index (χ0n) is 17.9. The summed E-state index contributed by atoms with van der Waals surface area (Å²) in [7, 11) is 3.52. The topological polar surface area (TPSA) is 66.0 Å². The zero-order valence-corrected chi connectivity index (χ0v) is 20.2. The molecule has 1 spiro atoms. The molecule has 1 aromatic rings. The third-order valence-electron chi connectivity index (χ3n) is 5.72. The number of fused-ring (bicyclic) bond motifs is 1. The first-order valence-corrected chi connectivity index (χ1v) is 10.6. The van der Waals surface area contributed by atoms with Crippen LogP contribution in [0.1, 0.15) is 63.5 Å². The van der Waals surface area contributed by atoms with E-state index in [9.17, 15) is 4.79 Å². The molecule has 1 aliphatic carbocycles. The lowest BCUT2D eigenvalue weighted by molar-refractivity contribution is -0.127. The van der Waals surface area contributed by atoms with Gasteiger partial charge in [-0.3, -0.25) is 4.79 Å². The highest BCUT2D eigenvalue weighted by Gasteiger charge is 2.43. The molecule has 0 bridgehead atoms. The van der Waals surface area contributed by atoms with Gasteiger partial charge in [0.1, 0.15) is 17.9 Å². The van der Waals surface area contributed by atoms with Crippen molar-refractivity contribution in [1.82, 2.24) is 15.5 Å². The predicted octanol–water partition coefficient (Wildman–Crippen LogP) is 3.86. The van der Waals surface area contributed by atoms with Crippen molar-refractivity contribution in [2.45, 2.75) is 63.5 Å². The summed E-state index contributed by atoms with van der Waals surface area (Å²) in [5.41, 5.74) is 1.10. The summed E-state index contributed by atoms with van der Waals surface area (Å²) >= 11 is 0. The summed E-state index contributed by atoms with van der Waals surface area (Å²) in [5.74, 6) is 1.68. The van der Waals surface area contributed by atoms with Gasteiger partial charge in [-0.1, -0.05) is 31.5 Å². The molecule has 0 aromatic heterocycles. The van der Waals surface area contributed by atoms with Crippen molar-refractivity contribution in [3.8, 4) is 5.75 Å². The molecule has 3 rings (SSSR count). The van der Waals surface area contributed by atoms with E-state index in [2.05, 4.69) is 40.7 Å². The third kappa shape index (κ3) is 6.23. The number of ether oxygens (including phenoxy) is 1. The first kappa shape index (κ1) is 23.8. The molecule has 1 unspecified atom stereocenters. The number of rotatable bonds is 6. The number of nitrogens with one attached hydrogen (secondary N) is 2. The van der Waals surface area contributed by atoms with Crippen LogP contribution in [0.5, 0.6) is 5.75 Å². The molecule has 1 saturated carbocycles. The molecule has 1 heterocycles. The van der Waals surface area contributed by atoms with Crippen LogP contribution in [0.15, 0.2) is 29.3 Å². The molecule has 2 N–H and O–H groups in total. The lowest BCUT2D eigenvalue weighted by atomic mass is 9.86. The first-order valence-electron chi connectivity index (χ1n) is 10.6. The summed E-state index contributed by atoms with van der Waals surface area (Å²) < 4.78 is 6.46. The van der Waals surface area contributed by atoms with Crippen molar-refractivity contribution >= 4 is 35.8 Å². The predicted molar refractivity (Wildman–Crippen MR) is 128 cm³/mol. The summed E-state index contributed by atoms with van der Waals surface area (Å²) in [4.78, 5) is 18.2. The van der Waals surface area contributed by atoms with Crippen LogP contribution in [0.3, 0.4) is 0 Å². The van der Waals surface area contributed by atoms with Crippen LogP contribution in [0.25, 0.3) is 0 Å². The van der Waals surface area contributed by atoms with Crippen molar-refractivity contribution in [3.05, 3.63) is 29.8 Å². The number of benzene rings is 1. The average Bonchev–Trinajstić information content (AvgIpc) is 3.13. The standard InChI is InChI=1S/C22H34N4O2.HI/c1-4-5-14-23-21(24-16-20(27)26(2)3)25-18-15-22(12-8-9-13-22)28-19-11-7-6-10-17(18)19;/h6-7,10-11,18H,4-5,8-9,12-16H2,1-3H3,(H2,23,24,25);1H. The molecule has 7 heteroatoms. The number of likely N-dealkylation sites (N-methyl/N-ethyl adjacent to an activating group) is 1. The molecular formula is C22H35IN4O2. The van der Waals surface area contributed by atoms with Gasteiger partial charge in [0.2, 0.25) is 5.91 Å². The molecule has 0 radical (unpaired) electrons. The lowest BCUT2D eigenvalue weighted by Crippen LogP contribution is -2.47. The Bertz CT molecular complexity index is 702. The molecule has 1 aromatic carbocycles. The molecule has 1 amide bonds. The number of halogens is 1. The Morgan fingerprint density at radius 2 is 2.00 bits per heavy atom. The van der Waals surface area contributed by atoms with Crippen LogP contribution >= 0.6 is 24.0 Å². The van der Waals surface area contributed by atoms with E-state index in [1.54, 1.807) is 19.0 Å². The van der Waals surface area contributed by atoms with E-state index in [-0.39, 0.29) is 48.1 Å². The molecule has 29 heavy (non-hydrogen) atoms. The van der Waals surface area contributed by atoms with Crippen LogP contribution in [0.4, 0.5) is 0 Å². The molecule has 1 fully saturated rings. The van der Waals surface area contributed by atoms with E-state index in [4.69, 9.17) is 4.74 Å². The second-order valence-electron chi connectivity index (χ2n) is 8.16. The first-order chi connectivity index (χ1) is 13.5. The highest BCUT2D eigenvalue weighted by Crippen LogP contribution is 2.46. The Hall–Kier alpha value is -1.51. The van der Waals surface area contributed by atoms with E-state index >= 15 is 0 Å². The van der Waals surface area contributed by atoms with Gasteiger partial charge in [-0.25, -0.2) is 4.99 Å². The second kappa shape index (κ2) is 11.0. The van der Waals surface area contributed by atoms with Gasteiger partial charge >= 0.3 is 0 Å². The lowest BCUT2D eigenvalue weighted by Gasteiger charge is -2.40. The molecule has 1 aliphatic heterocycles. The number of hydrogen-bond donors (Lipinski definition) is 2. The Morgan fingerprint density at radius 3 is 2.69 bits per heavy atom. The molecule has 1 atom stereocenters. The summed E-state index contributed by atoms with van der Waals surface area (Å²) in [6.45, 7) is 3.15. The Kier molecular flexibility index (Phi) is 9.04. The third-order valence-corrected chi connectivity index (χ3v) is 5.72. The Labute approximate surface area is 191 Å². The number of aliphatic imine (C=N–C) groups is 1. The minimum atomic E-state index is -0.0694. The quantitative estimate of drug-likeness (QED) is 0.262. The van der Waals surface area contributed by atoms with Crippen molar-refractivity contribution in [1.29, 1.82) is 0 Å². The Balaban J connectivity index is 0.00000300. The fraction of sp³-hybridized carbons (Fsp3) is 0.636. The fourth-order valence-corrected chi connectivity index (χ4v) is 4.06. The van der Waals surface area contributed by atoms with Gasteiger partial charge in [0.05, 0.1) is 6.04 Å². The normalized spacial score (nSPS) is 19.7. The number of hydrogen-bond acceptors (Lipinski definition) is 3. The van der Waals surface area contributed by atoms with Crippen LogP contribution < -0.4 is 15.4 Å². The van der Waals surface area contributed by atoms with Crippen LogP contribution in [0, 0.1) is 0 Å². The van der Waals surface area contributed by atoms with Gasteiger partial charge in [-0.05, 0) is 38.2 Å². The monoisotopic (exact) mass is 514 g/mol. The van der Waals surface area contributed by atoms with E-state index in [1.165, 1.54) is 18.4 Å². The molecule has 6 nitrogen and oxygen atoms in total. The van der Waals surface area contributed by atoms with Crippen LogP contribution in [-0.2, 0) is 4.79 Å². The largest absolute Gasteiger partial charge is 0.487 e. The van der Waals surface area contributed by atoms with Gasteiger partial charge in [0.25, 0.3) is 0 Å². The van der Waals surface area contributed by atoms with E-state index in [0.717, 1.165) is 44.4 Å².